The molecule has 0 aliphatic rings. The van der Waals surface area contributed by atoms with Crippen LogP contribution >= 0.6 is 0 Å². The highest BCUT2D eigenvalue weighted by Gasteiger charge is 2.23. The van der Waals surface area contributed by atoms with Gasteiger partial charge in [0.2, 0.25) is 0 Å². The SMILES string of the molecule is C=CCC[C@H](C)[C@@H](CC[C@H](C)C(=O)O[C@@H](C=C)COCc1ccccc1)OCOCCOC. The second kappa shape index (κ2) is 18.4. The van der Waals surface area contributed by atoms with Crippen LogP contribution in [0.4, 0.5) is 0 Å². The zero-order chi connectivity index (χ0) is 24.3. The molecule has 0 fully saturated rings. The number of benzene rings is 1. The normalized spacial score (nSPS) is 14.8. The smallest absolute Gasteiger partial charge is 0.309 e. The zero-order valence-corrected chi connectivity index (χ0v) is 20.6. The lowest BCUT2D eigenvalue weighted by Gasteiger charge is -2.25. The Labute approximate surface area is 199 Å². The van der Waals surface area contributed by atoms with Crippen LogP contribution in [0.5, 0.6) is 0 Å². The number of ether oxygens (including phenoxy) is 5. The van der Waals surface area contributed by atoms with Crippen molar-refractivity contribution in [1.29, 1.82) is 0 Å². The van der Waals surface area contributed by atoms with Gasteiger partial charge in [0, 0.05) is 7.11 Å². The predicted molar refractivity (Wildman–Crippen MR) is 131 cm³/mol. The summed E-state index contributed by atoms with van der Waals surface area (Å²) in [4.78, 5) is 12.6. The van der Waals surface area contributed by atoms with Gasteiger partial charge >= 0.3 is 5.97 Å². The number of hydrogen-bond acceptors (Lipinski definition) is 6. The topological polar surface area (TPSA) is 63.2 Å². The van der Waals surface area contributed by atoms with Crippen molar-refractivity contribution in [2.45, 2.75) is 58.3 Å². The lowest BCUT2D eigenvalue weighted by atomic mass is 9.92. The molecular formula is C27H42O6. The third kappa shape index (κ3) is 13.3. The van der Waals surface area contributed by atoms with E-state index in [-0.39, 0.29) is 31.4 Å². The van der Waals surface area contributed by atoms with E-state index in [0.717, 1.165) is 24.8 Å². The second-order valence-electron chi connectivity index (χ2n) is 8.26. The Morgan fingerprint density at radius 3 is 2.45 bits per heavy atom. The van der Waals surface area contributed by atoms with Crippen molar-refractivity contribution in [2.24, 2.45) is 11.8 Å². The number of carbonyl (C=O) groups excluding carboxylic acids is 1. The van der Waals surface area contributed by atoms with Crippen LogP contribution in [0.2, 0.25) is 0 Å². The first-order valence-corrected chi connectivity index (χ1v) is 11.8. The molecule has 0 N–H and O–H groups in total. The largest absolute Gasteiger partial charge is 0.455 e. The maximum atomic E-state index is 12.6. The summed E-state index contributed by atoms with van der Waals surface area (Å²) in [7, 11) is 1.64. The molecule has 0 heterocycles. The second-order valence-corrected chi connectivity index (χ2v) is 8.26. The third-order valence-electron chi connectivity index (χ3n) is 5.47. The van der Waals surface area contributed by atoms with E-state index < -0.39 is 6.10 Å². The van der Waals surface area contributed by atoms with E-state index in [1.54, 1.807) is 13.2 Å². The van der Waals surface area contributed by atoms with Crippen molar-refractivity contribution in [3.63, 3.8) is 0 Å². The van der Waals surface area contributed by atoms with Gasteiger partial charge in [-0.2, -0.15) is 0 Å². The molecule has 33 heavy (non-hydrogen) atoms. The highest BCUT2D eigenvalue weighted by molar-refractivity contribution is 5.72. The molecule has 0 saturated heterocycles. The number of esters is 1. The van der Waals surface area contributed by atoms with Crippen molar-refractivity contribution in [3.05, 3.63) is 61.2 Å². The van der Waals surface area contributed by atoms with Gasteiger partial charge in [-0.25, -0.2) is 0 Å². The summed E-state index contributed by atoms with van der Waals surface area (Å²) >= 11 is 0. The molecule has 4 atom stereocenters. The molecule has 0 aliphatic carbocycles. The number of hydrogen-bond donors (Lipinski definition) is 0. The van der Waals surface area contributed by atoms with Gasteiger partial charge in [0.1, 0.15) is 12.9 Å². The van der Waals surface area contributed by atoms with Gasteiger partial charge in [-0.15, -0.1) is 6.58 Å². The summed E-state index contributed by atoms with van der Waals surface area (Å²) in [6, 6.07) is 9.88. The van der Waals surface area contributed by atoms with Crippen molar-refractivity contribution in [1.82, 2.24) is 0 Å². The van der Waals surface area contributed by atoms with Crippen LogP contribution in [0.1, 0.15) is 45.1 Å². The summed E-state index contributed by atoms with van der Waals surface area (Å²) in [6.07, 6.45) is 6.34. The van der Waals surface area contributed by atoms with Gasteiger partial charge in [0.05, 0.1) is 38.4 Å². The maximum absolute atomic E-state index is 12.6. The van der Waals surface area contributed by atoms with Gasteiger partial charge in [0.15, 0.2) is 0 Å². The quantitative estimate of drug-likeness (QED) is 0.113. The summed E-state index contributed by atoms with van der Waals surface area (Å²) in [5.41, 5.74) is 1.07. The molecule has 6 heteroatoms. The predicted octanol–water partition coefficient (Wildman–Crippen LogP) is 5.33. The summed E-state index contributed by atoms with van der Waals surface area (Å²) < 4.78 is 27.7. The zero-order valence-electron chi connectivity index (χ0n) is 20.6. The number of allylic oxidation sites excluding steroid dienone is 1. The van der Waals surface area contributed by atoms with Crippen LogP contribution in [0.3, 0.4) is 0 Å². The standard InChI is InChI=1S/C27H42O6/c1-6-8-12-22(3)26(32-21-30-18-17-29-5)16-15-23(4)27(28)33-25(7-2)20-31-19-24-13-10-9-11-14-24/h6-7,9-11,13-14,22-23,25-26H,1-2,8,12,15-21H2,3-5H3/t22-,23-,25-,26+/m0/s1. The first-order chi connectivity index (χ1) is 16.0. The molecule has 0 saturated carbocycles. The van der Waals surface area contributed by atoms with Crippen molar-refractivity contribution >= 4 is 5.97 Å². The minimum atomic E-state index is -0.476. The van der Waals surface area contributed by atoms with Crippen molar-refractivity contribution in [2.75, 3.05) is 33.7 Å². The molecule has 0 aliphatic heterocycles. The van der Waals surface area contributed by atoms with Crippen molar-refractivity contribution in [3.8, 4) is 0 Å². The first kappa shape index (κ1) is 29.0. The molecule has 0 aromatic heterocycles. The monoisotopic (exact) mass is 462 g/mol. The van der Waals surface area contributed by atoms with E-state index in [4.69, 9.17) is 23.7 Å². The molecule has 1 rings (SSSR count). The van der Waals surface area contributed by atoms with E-state index in [1.165, 1.54) is 0 Å². The van der Waals surface area contributed by atoms with Gasteiger partial charge in [-0.3, -0.25) is 4.79 Å². The molecule has 6 nitrogen and oxygen atoms in total. The van der Waals surface area contributed by atoms with Crippen LogP contribution in [-0.2, 0) is 35.1 Å². The maximum Gasteiger partial charge on any atom is 0.309 e. The molecule has 1 aromatic carbocycles. The molecule has 1 aromatic rings. The molecular weight excluding hydrogens is 420 g/mol. The lowest BCUT2D eigenvalue weighted by Crippen LogP contribution is -2.28. The lowest BCUT2D eigenvalue weighted by molar-refractivity contribution is -0.155. The Balaban J connectivity index is 2.44. The number of rotatable bonds is 20. The van der Waals surface area contributed by atoms with Gasteiger partial charge in [0.25, 0.3) is 0 Å². The fourth-order valence-electron chi connectivity index (χ4n) is 3.25. The molecule has 0 unspecified atom stereocenters. The Bertz CT molecular complexity index is 647. The van der Waals surface area contributed by atoms with Crippen LogP contribution in [0.25, 0.3) is 0 Å². The molecule has 186 valence electrons. The summed E-state index contributed by atoms with van der Waals surface area (Å²) in [5, 5.41) is 0. The number of methoxy groups -OCH3 is 1. The van der Waals surface area contributed by atoms with E-state index >= 15 is 0 Å². The van der Waals surface area contributed by atoms with Crippen molar-refractivity contribution < 1.29 is 28.5 Å². The van der Waals surface area contributed by atoms with E-state index in [9.17, 15) is 4.79 Å². The summed E-state index contributed by atoms with van der Waals surface area (Å²) in [5.74, 6) is -0.185. The third-order valence-corrected chi connectivity index (χ3v) is 5.47. The van der Waals surface area contributed by atoms with Gasteiger partial charge in [-0.1, -0.05) is 56.8 Å². The average Bonchev–Trinajstić information content (AvgIpc) is 2.83. The number of carbonyl (C=O) groups is 1. The molecule has 0 amide bonds. The van der Waals surface area contributed by atoms with Crippen LogP contribution in [-0.4, -0.2) is 51.9 Å². The molecule has 0 radical (unpaired) electrons. The average molecular weight is 463 g/mol. The van der Waals surface area contributed by atoms with Crippen LogP contribution in [0, 0.1) is 11.8 Å². The van der Waals surface area contributed by atoms with E-state index in [1.807, 2.05) is 43.3 Å². The van der Waals surface area contributed by atoms with Gasteiger partial charge < -0.3 is 23.7 Å². The van der Waals surface area contributed by atoms with Crippen LogP contribution in [0.15, 0.2) is 55.6 Å². The Morgan fingerprint density at radius 2 is 1.79 bits per heavy atom. The van der Waals surface area contributed by atoms with Gasteiger partial charge in [-0.05, 0) is 43.2 Å². The fourth-order valence-corrected chi connectivity index (χ4v) is 3.25. The highest BCUT2D eigenvalue weighted by atomic mass is 16.7. The van der Waals surface area contributed by atoms with Crippen LogP contribution < -0.4 is 0 Å². The Hall–Kier alpha value is -1.99. The van der Waals surface area contributed by atoms with E-state index in [0.29, 0.717) is 32.2 Å². The fraction of sp³-hybridized carbons (Fsp3) is 0.593. The highest BCUT2D eigenvalue weighted by Crippen LogP contribution is 2.22. The summed E-state index contributed by atoms with van der Waals surface area (Å²) in [6.45, 7) is 13.6. The Morgan fingerprint density at radius 1 is 1.03 bits per heavy atom. The molecule has 0 spiro atoms. The minimum absolute atomic E-state index is 0.00727. The van der Waals surface area contributed by atoms with E-state index in [2.05, 4.69) is 20.1 Å². The Kier molecular flexibility index (Phi) is 16.2. The molecule has 0 bridgehead atoms. The minimum Gasteiger partial charge on any atom is -0.455 e. The first-order valence-electron chi connectivity index (χ1n) is 11.8.